The zero-order chi connectivity index (χ0) is 17.1. The molecule has 1 atom stereocenters. The minimum absolute atomic E-state index is 0.0887. The maximum atomic E-state index is 6.21. The maximum absolute atomic E-state index is 6.21. The lowest BCUT2D eigenvalue weighted by molar-refractivity contribution is -0.0915. The van der Waals surface area contributed by atoms with Crippen LogP contribution in [-0.2, 0) is 16.1 Å². The minimum Gasteiger partial charge on any atom is -0.491 e. The Morgan fingerprint density at radius 2 is 1.87 bits per heavy atom. The quantitative estimate of drug-likeness (QED) is 0.484. The third-order valence-corrected chi connectivity index (χ3v) is 3.74. The lowest BCUT2D eigenvalue weighted by Crippen LogP contribution is -2.33. The van der Waals surface area contributed by atoms with Gasteiger partial charge in [-0.3, -0.25) is 0 Å². The van der Waals surface area contributed by atoms with E-state index in [1.807, 2.05) is 12.1 Å². The van der Waals surface area contributed by atoms with E-state index in [1.54, 1.807) is 0 Å². The molecule has 0 spiro atoms. The Kier molecular flexibility index (Phi) is 9.27. The van der Waals surface area contributed by atoms with Crippen LogP contribution in [0, 0.1) is 0 Å². The molecule has 3 heteroatoms. The van der Waals surface area contributed by atoms with E-state index in [1.165, 1.54) is 0 Å². The van der Waals surface area contributed by atoms with Gasteiger partial charge in [0, 0.05) is 6.61 Å². The van der Waals surface area contributed by atoms with E-state index in [-0.39, 0.29) is 11.7 Å². The van der Waals surface area contributed by atoms with Crippen LogP contribution in [0.4, 0.5) is 0 Å². The number of ether oxygens (including phenoxy) is 3. The Morgan fingerprint density at radius 1 is 1.09 bits per heavy atom. The summed E-state index contributed by atoms with van der Waals surface area (Å²) in [5, 5.41) is 0. The summed E-state index contributed by atoms with van der Waals surface area (Å²) in [7, 11) is 0. The van der Waals surface area contributed by atoms with Crippen LogP contribution in [0.2, 0.25) is 0 Å². The number of rotatable bonds is 12. The number of hydrogen-bond acceptors (Lipinski definition) is 3. The van der Waals surface area contributed by atoms with Gasteiger partial charge in [0.2, 0.25) is 0 Å². The molecule has 0 aliphatic heterocycles. The van der Waals surface area contributed by atoms with Crippen LogP contribution in [-0.4, -0.2) is 24.9 Å². The standard InChI is InChI=1S/C20H34O3/c1-6-12-20(4,5)23-18(8-3)16-22-19-11-9-10-17(14-19)15-21-13-7-2/h9-11,14,18H,6-8,12-13,15-16H2,1-5H3. The maximum Gasteiger partial charge on any atom is 0.119 e. The molecular weight excluding hydrogens is 288 g/mol. The van der Waals surface area contributed by atoms with Crippen molar-refractivity contribution in [3.05, 3.63) is 29.8 Å². The summed E-state index contributed by atoms with van der Waals surface area (Å²) >= 11 is 0. The zero-order valence-electron chi connectivity index (χ0n) is 15.6. The molecule has 0 aliphatic rings. The third kappa shape index (κ3) is 8.38. The van der Waals surface area contributed by atoms with Gasteiger partial charge in [0.1, 0.15) is 12.4 Å². The molecule has 23 heavy (non-hydrogen) atoms. The van der Waals surface area contributed by atoms with Crippen LogP contribution in [0.15, 0.2) is 24.3 Å². The second-order valence-electron chi connectivity index (χ2n) is 6.67. The predicted molar refractivity (Wildman–Crippen MR) is 96.0 cm³/mol. The molecule has 0 saturated heterocycles. The Labute approximate surface area is 142 Å². The van der Waals surface area contributed by atoms with Gasteiger partial charge in [-0.25, -0.2) is 0 Å². The van der Waals surface area contributed by atoms with Gasteiger partial charge in [-0.05, 0) is 50.8 Å². The zero-order valence-corrected chi connectivity index (χ0v) is 15.6. The van der Waals surface area contributed by atoms with Crippen molar-refractivity contribution in [2.45, 2.75) is 78.6 Å². The molecular formula is C20H34O3. The van der Waals surface area contributed by atoms with E-state index in [0.29, 0.717) is 13.2 Å². The SMILES string of the molecule is CCCOCc1cccc(OCC(CC)OC(C)(C)CCC)c1. The lowest BCUT2D eigenvalue weighted by Gasteiger charge is -2.30. The first kappa shape index (κ1) is 20.0. The largest absolute Gasteiger partial charge is 0.491 e. The Balaban J connectivity index is 2.50. The normalized spacial score (nSPS) is 13.1. The molecule has 0 aromatic heterocycles. The average molecular weight is 322 g/mol. The van der Waals surface area contributed by atoms with E-state index in [9.17, 15) is 0 Å². The van der Waals surface area contributed by atoms with Crippen molar-refractivity contribution in [2.75, 3.05) is 13.2 Å². The summed E-state index contributed by atoms with van der Waals surface area (Å²) in [4.78, 5) is 0. The predicted octanol–water partition coefficient (Wildman–Crippen LogP) is 5.37. The first-order chi connectivity index (χ1) is 11.0. The van der Waals surface area contributed by atoms with Crippen molar-refractivity contribution in [2.24, 2.45) is 0 Å². The fourth-order valence-corrected chi connectivity index (χ4v) is 2.60. The van der Waals surface area contributed by atoms with E-state index >= 15 is 0 Å². The fourth-order valence-electron chi connectivity index (χ4n) is 2.60. The minimum atomic E-state index is -0.0887. The second kappa shape index (κ2) is 10.7. The molecule has 0 radical (unpaired) electrons. The summed E-state index contributed by atoms with van der Waals surface area (Å²) in [5.41, 5.74) is 1.06. The molecule has 3 nitrogen and oxygen atoms in total. The Bertz CT molecular complexity index is 429. The molecule has 0 aliphatic carbocycles. The van der Waals surface area contributed by atoms with Gasteiger partial charge in [-0.2, -0.15) is 0 Å². The van der Waals surface area contributed by atoms with Crippen LogP contribution in [0.25, 0.3) is 0 Å². The number of benzene rings is 1. The molecule has 1 aromatic carbocycles. The van der Waals surface area contributed by atoms with Crippen LogP contribution in [0.3, 0.4) is 0 Å². The highest BCUT2D eigenvalue weighted by atomic mass is 16.5. The van der Waals surface area contributed by atoms with Gasteiger partial charge >= 0.3 is 0 Å². The topological polar surface area (TPSA) is 27.7 Å². The summed E-state index contributed by atoms with van der Waals surface area (Å²) in [5.74, 6) is 0.887. The summed E-state index contributed by atoms with van der Waals surface area (Å²) in [6.07, 6.45) is 4.31. The van der Waals surface area contributed by atoms with Crippen LogP contribution in [0.1, 0.15) is 65.9 Å². The molecule has 0 N–H and O–H groups in total. The second-order valence-corrected chi connectivity index (χ2v) is 6.67. The van der Waals surface area contributed by atoms with E-state index in [0.717, 1.165) is 43.6 Å². The summed E-state index contributed by atoms with van der Waals surface area (Å²) in [6, 6.07) is 8.14. The van der Waals surface area contributed by atoms with Gasteiger partial charge in [0.25, 0.3) is 0 Å². The van der Waals surface area contributed by atoms with Crippen molar-refractivity contribution < 1.29 is 14.2 Å². The van der Waals surface area contributed by atoms with Crippen molar-refractivity contribution in [3.8, 4) is 5.75 Å². The Morgan fingerprint density at radius 3 is 2.52 bits per heavy atom. The van der Waals surface area contributed by atoms with Gasteiger partial charge in [-0.1, -0.05) is 39.3 Å². The van der Waals surface area contributed by atoms with Gasteiger partial charge in [-0.15, -0.1) is 0 Å². The molecule has 0 fully saturated rings. The summed E-state index contributed by atoms with van der Waals surface area (Å²) < 4.78 is 17.7. The van der Waals surface area contributed by atoms with Gasteiger partial charge in [0.15, 0.2) is 0 Å². The molecule has 0 saturated carbocycles. The van der Waals surface area contributed by atoms with Gasteiger partial charge in [0.05, 0.1) is 18.3 Å². The molecule has 1 rings (SSSR count). The smallest absolute Gasteiger partial charge is 0.119 e. The summed E-state index contributed by atoms with van der Waals surface area (Å²) in [6.45, 7) is 12.8. The van der Waals surface area contributed by atoms with Crippen molar-refractivity contribution in [1.29, 1.82) is 0 Å². The van der Waals surface area contributed by atoms with Crippen molar-refractivity contribution >= 4 is 0 Å². The molecule has 0 heterocycles. The highest BCUT2D eigenvalue weighted by Gasteiger charge is 2.22. The van der Waals surface area contributed by atoms with Gasteiger partial charge < -0.3 is 14.2 Å². The van der Waals surface area contributed by atoms with Crippen LogP contribution >= 0.6 is 0 Å². The van der Waals surface area contributed by atoms with E-state index in [2.05, 4.69) is 46.8 Å². The Hall–Kier alpha value is -1.06. The van der Waals surface area contributed by atoms with E-state index < -0.39 is 0 Å². The fraction of sp³-hybridized carbons (Fsp3) is 0.700. The highest BCUT2D eigenvalue weighted by molar-refractivity contribution is 5.28. The first-order valence-corrected chi connectivity index (χ1v) is 8.98. The molecule has 132 valence electrons. The molecule has 1 unspecified atom stereocenters. The third-order valence-electron chi connectivity index (χ3n) is 3.74. The van der Waals surface area contributed by atoms with Crippen molar-refractivity contribution in [3.63, 3.8) is 0 Å². The first-order valence-electron chi connectivity index (χ1n) is 8.98. The highest BCUT2D eigenvalue weighted by Crippen LogP contribution is 2.21. The van der Waals surface area contributed by atoms with Crippen molar-refractivity contribution in [1.82, 2.24) is 0 Å². The van der Waals surface area contributed by atoms with Crippen LogP contribution < -0.4 is 4.74 Å². The molecule has 1 aromatic rings. The van der Waals surface area contributed by atoms with Crippen LogP contribution in [0.5, 0.6) is 5.75 Å². The average Bonchev–Trinajstić information content (AvgIpc) is 2.52. The monoisotopic (exact) mass is 322 g/mol. The molecule has 0 bridgehead atoms. The van der Waals surface area contributed by atoms with E-state index in [4.69, 9.17) is 14.2 Å². The number of hydrogen-bond donors (Lipinski definition) is 0. The molecule has 0 amide bonds. The lowest BCUT2D eigenvalue weighted by atomic mass is 10.0.